The van der Waals surface area contributed by atoms with Crippen molar-refractivity contribution in [3.05, 3.63) is 72.6 Å². The van der Waals surface area contributed by atoms with Gasteiger partial charge in [-0.25, -0.2) is 0 Å². The van der Waals surface area contributed by atoms with E-state index in [1.807, 2.05) is 74.0 Å². The Morgan fingerprint density at radius 2 is 1.53 bits per heavy atom. The molecule has 2 rings (SSSR count). The summed E-state index contributed by atoms with van der Waals surface area (Å²) in [4.78, 5) is 0. The Kier molecular flexibility index (Phi) is 3.92. The molecule has 17 heavy (non-hydrogen) atoms. The number of nitrogens with one attached hydrogen (secondary N) is 1. The molecule has 0 aliphatic heterocycles. The van der Waals surface area contributed by atoms with Gasteiger partial charge in [-0.1, -0.05) is 55.5 Å². The van der Waals surface area contributed by atoms with Gasteiger partial charge in [-0.2, -0.15) is 5.10 Å². The van der Waals surface area contributed by atoms with Crippen LogP contribution in [-0.4, -0.2) is 5.71 Å². The number of anilines is 1. The van der Waals surface area contributed by atoms with Gasteiger partial charge in [0.25, 0.3) is 0 Å². The van der Waals surface area contributed by atoms with Crippen molar-refractivity contribution >= 4 is 11.4 Å². The van der Waals surface area contributed by atoms with E-state index < -0.39 is 0 Å². The molecule has 0 heterocycles. The zero-order chi connectivity index (χ0) is 11.9. The van der Waals surface area contributed by atoms with Gasteiger partial charge >= 0.3 is 0 Å². The summed E-state index contributed by atoms with van der Waals surface area (Å²) in [7, 11) is 0. The van der Waals surface area contributed by atoms with Gasteiger partial charge in [0, 0.05) is 6.42 Å². The number of rotatable bonds is 4. The summed E-state index contributed by atoms with van der Waals surface area (Å²) in [5.74, 6) is 0. The van der Waals surface area contributed by atoms with E-state index in [1.54, 1.807) is 0 Å². The Morgan fingerprint density at radius 3 is 2.12 bits per heavy atom. The first-order valence-corrected chi connectivity index (χ1v) is 5.63. The van der Waals surface area contributed by atoms with E-state index in [0.29, 0.717) is 0 Å². The van der Waals surface area contributed by atoms with Crippen molar-refractivity contribution in [2.75, 3.05) is 5.43 Å². The van der Waals surface area contributed by atoms with Gasteiger partial charge in [0.2, 0.25) is 0 Å². The van der Waals surface area contributed by atoms with Crippen LogP contribution >= 0.6 is 0 Å². The predicted octanol–water partition coefficient (Wildman–Crippen LogP) is 3.73. The van der Waals surface area contributed by atoms with Crippen LogP contribution in [0.1, 0.15) is 12.5 Å². The number of nitrogens with zero attached hydrogens (tertiary/aromatic N) is 1. The summed E-state index contributed by atoms with van der Waals surface area (Å²) in [5, 5.41) is 4.39. The van der Waals surface area contributed by atoms with Crippen molar-refractivity contribution in [1.29, 1.82) is 0 Å². The summed E-state index contributed by atoms with van der Waals surface area (Å²) in [6, 6.07) is 20.0. The van der Waals surface area contributed by atoms with Gasteiger partial charge in [-0.05, 0) is 17.7 Å². The van der Waals surface area contributed by atoms with E-state index in [0.717, 1.165) is 17.0 Å². The SMILES string of the molecule is C[CH]/C(=N\Nc1ccccc1)c1ccccc1. The van der Waals surface area contributed by atoms with E-state index in [2.05, 4.69) is 10.5 Å². The van der Waals surface area contributed by atoms with E-state index in [1.165, 1.54) is 0 Å². The lowest BCUT2D eigenvalue weighted by atomic mass is 10.1. The monoisotopic (exact) mass is 223 g/mol. The normalized spacial score (nSPS) is 11.2. The van der Waals surface area contributed by atoms with Gasteiger partial charge in [-0.15, -0.1) is 0 Å². The van der Waals surface area contributed by atoms with Crippen molar-refractivity contribution in [2.45, 2.75) is 6.92 Å². The summed E-state index contributed by atoms with van der Waals surface area (Å²) in [6.07, 6.45) is 1.99. The highest BCUT2D eigenvalue weighted by Crippen LogP contribution is 2.08. The van der Waals surface area contributed by atoms with Crippen molar-refractivity contribution < 1.29 is 0 Å². The second kappa shape index (κ2) is 5.85. The first-order chi connectivity index (χ1) is 8.40. The summed E-state index contributed by atoms with van der Waals surface area (Å²) in [5.41, 5.74) is 6.09. The summed E-state index contributed by atoms with van der Waals surface area (Å²) >= 11 is 0. The first kappa shape index (κ1) is 11.4. The standard InChI is InChI=1S/C15H15N2/c1-2-15(13-9-5-3-6-10-13)17-16-14-11-7-4-8-12-14/h2-12,16H,1H3/b17-15+. The van der Waals surface area contributed by atoms with Crippen molar-refractivity contribution in [3.8, 4) is 0 Å². The molecule has 0 unspecified atom stereocenters. The van der Waals surface area contributed by atoms with Crippen molar-refractivity contribution in [3.63, 3.8) is 0 Å². The van der Waals surface area contributed by atoms with E-state index >= 15 is 0 Å². The fourth-order valence-electron chi connectivity index (χ4n) is 1.54. The quantitative estimate of drug-likeness (QED) is 0.620. The Balaban J connectivity index is 2.14. The average Bonchev–Trinajstić information content (AvgIpc) is 2.42. The molecule has 0 saturated heterocycles. The lowest BCUT2D eigenvalue weighted by molar-refractivity contribution is 1.32. The fourth-order valence-corrected chi connectivity index (χ4v) is 1.54. The highest BCUT2D eigenvalue weighted by Gasteiger charge is 1.99. The molecular weight excluding hydrogens is 208 g/mol. The maximum atomic E-state index is 4.39. The topological polar surface area (TPSA) is 24.4 Å². The molecule has 1 N–H and O–H groups in total. The van der Waals surface area contributed by atoms with Crippen LogP contribution in [0.4, 0.5) is 5.69 Å². The smallest absolute Gasteiger partial charge is 0.0714 e. The Morgan fingerprint density at radius 1 is 0.941 bits per heavy atom. The molecule has 0 amide bonds. The number of hydrogen-bond acceptors (Lipinski definition) is 2. The molecule has 2 aromatic carbocycles. The predicted molar refractivity (Wildman–Crippen MR) is 73.0 cm³/mol. The number of hydrogen-bond donors (Lipinski definition) is 1. The van der Waals surface area contributed by atoms with Crippen LogP contribution in [0.15, 0.2) is 65.8 Å². The minimum Gasteiger partial charge on any atom is -0.278 e. The van der Waals surface area contributed by atoms with Gasteiger partial charge in [0.15, 0.2) is 0 Å². The molecule has 85 valence electrons. The van der Waals surface area contributed by atoms with Crippen LogP contribution in [-0.2, 0) is 0 Å². The summed E-state index contributed by atoms with van der Waals surface area (Å²) < 4.78 is 0. The molecule has 0 saturated carbocycles. The Bertz CT molecular complexity index is 475. The minimum atomic E-state index is 0.939. The van der Waals surface area contributed by atoms with Crippen LogP contribution in [0.25, 0.3) is 0 Å². The minimum absolute atomic E-state index is 0.939. The molecule has 1 radical (unpaired) electrons. The maximum absolute atomic E-state index is 4.39. The maximum Gasteiger partial charge on any atom is 0.0714 e. The van der Waals surface area contributed by atoms with Gasteiger partial charge in [0.1, 0.15) is 0 Å². The number of benzene rings is 2. The molecule has 0 aliphatic rings. The molecule has 0 spiro atoms. The third-order valence-electron chi connectivity index (χ3n) is 2.42. The average molecular weight is 223 g/mol. The van der Waals surface area contributed by atoms with Crippen LogP contribution in [0.3, 0.4) is 0 Å². The fraction of sp³-hybridized carbons (Fsp3) is 0.0667. The zero-order valence-corrected chi connectivity index (χ0v) is 9.80. The highest BCUT2D eigenvalue weighted by atomic mass is 15.3. The largest absolute Gasteiger partial charge is 0.278 e. The lowest BCUT2D eigenvalue weighted by Gasteiger charge is -2.05. The van der Waals surface area contributed by atoms with Gasteiger partial charge < -0.3 is 0 Å². The van der Waals surface area contributed by atoms with E-state index in [-0.39, 0.29) is 0 Å². The van der Waals surface area contributed by atoms with Gasteiger partial charge in [0.05, 0.1) is 11.4 Å². The molecule has 2 aromatic rings. The second-order valence-corrected chi connectivity index (χ2v) is 3.63. The van der Waals surface area contributed by atoms with E-state index in [9.17, 15) is 0 Å². The summed E-state index contributed by atoms with van der Waals surface area (Å²) in [6.45, 7) is 1.98. The molecule has 0 bridgehead atoms. The van der Waals surface area contributed by atoms with Crippen LogP contribution in [0.5, 0.6) is 0 Å². The van der Waals surface area contributed by atoms with Crippen LogP contribution < -0.4 is 5.43 Å². The Hall–Kier alpha value is -2.09. The number of hydrazone groups is 1. The molecular formula is C15H15N2. The Labute approximate surface area is 102 Å². The first-order valence-electron chi connectivity index (χ1n) is 5.63. The molecule has 2 nitrogen and oxygen atoms in total. The van der Waals surface area contributed by atoms with Gasteiger partial charge in [-0.3, -0.25) is 5.43 Å². The van der Waals surface area contributed by atoms with Crippen molar-refractivity contribution in [2.24, 2.45) is 5.10 Å². The lowest BCUT2D eigenvalue weighted by Crippen LogP contribution is -2.03. The van der Waals surface area contributed by atoms with Crippen LogP contribution in [0, 0.1) is 6.42 Å². The van der Waals surface area contributed by atoms with Crippen molar-refractivity contribution in [1.82, 2.24) is 0 Å². The highest BCUT2D eigenvalue weighted by molar-refractivity contribution is 6.06. The molecule has 0 aliphatic carbocycles. The third-order valence-corrected chi connectivity index (χ3v) is 2.42. The molecule has 0 atom stereocenters. The molecule has 0 fully saturated rings. The van der Waals surface area contributed by atoms with E-state index in [4.69, 9.17) is 0 Å². The number of para-hydroxylation sites is 1. The third kappa shape index (κ3) is 3.18. The second-order valence-electron chi connectivity index (χ2n) is 3.63. The molecule has 0 aromatic heterocycles. The molecule has 2 heteroatoms. The zero-order valence-electron chi connectivity index (χ0n) is 9.80. The van der Waals surface area contributed by atoms with Crippen LogP contribution in [0.2, 0.25) is 0 Å².